The first-order valence-electron chi connectivity index (χ1n) is 30.8. The second kappa shape index (κ2) is 61.3. The highest BCUT2D eigenvalue weighted by molar-refractivity contribution is 5.82. The fourth-order valence-electron chi connectivity index (χ4n) is 4.65. The topological polar surface area (TPSA) is 520 Å². The number of halogens is 14. The Morgan fingerprint density at radius 2 is 0.450 bits per heavy atom. The number of rotatable bonds is 43. The van der Waals surface area contributed by atoms with Crippen LogP contribution in [0.2, 0.25) is 0 Å². The maximum Gasteiger partial charge on any atom is 0.377 e. The number of esters is 13. The molecule has 654 valence electrons. The average Bonchev–Trinajstić information content (AvgIpc) is 0.945. The van der Waals surface area contributed by atoms with Crippen molar-refractivity contribution < 1.29 is 240 Å². The van der Waals surface area contributed by atoms with Gasteiger partial charge in [0.15, 0.2) is 13.2 Å². The molecule has 0 aromatic carbocycles. The number of hydrogen-bond acceptors (Lipinski definition) is 37. The molecule has 0 aromatic rings. The van der Waals surface area contributed by atoms with E-state index in [0.29, 0.717) is 48.5 Å². The highest BCUT2D eigenvalue weighted by Gasteiger charge is 2.39. The SMILES string of the molecule is CC(=O)OCC(O)CCOC(=O)C(C)(F)F.CC(=O)OCC(O)COC(=O)C(C)(F)F.CC(=O)OCC(O)COC(=O)COC(=O)C(C)(F)F.COC(=O)COCC(O)COC(=O)C(C)(F)F.COCC(O)CCOC(=O)C(C)(F)F.COCC(O)COC(=O)C(C)(F)F.COCC(O)COC(=O)COC(=O)C(C)(F)F. The zero-order chi connectivity index (χ0) is 88.5. The van der Waals surface area contributed by atoms with Crippen LogP contribution in [0.4, 0.5) is 61.5 Å². The second-order valence-electron chi connectivity index (χ2n) is 21.8. The molecule has 7 N–H and O–H groups in total. The Morgan fingerprint density at radius 1 is 0.252 bits per heavy atom. The molecule has 0 aromatic heterocycles. The Hall–Kier alpha value is -8.31. The number of aliphatic hydroxyl groups is 7. The molecule has 0 aliphatic rings. The summed E-state index contributed by atoms with van der Waals surface area (Å²) in [6, 6.07) is 0. The van der Waals surface area contributed by atoms with Crippen LogP contribution < -0.4 is 0 Å². The summed E-state index contributed by atoms with van der Waals surface area (Å²) >= 11 is 0. The lowest BCUT2D eigenvalue weighted by Crippen LogP contribution is -2.32. The van der Waals surface area contributed by atoms with E-state index in [9.17, 15) is 129 Å². The summed E-state index contributed by atoms with van der Waals surface area (Å²) in [7, 11) is 5.23. The number of aliphatic hydroxyl groups excluding tert-OH is 7. The molecule has 0 saturated heterocycles. The third-order valence-corrected chi connectivity index (χ3v) is 9.89. The molecule has 0 fully saturated rings. The highest BCUT2D eigenvalue weighted by Crippen LogP contribution is 2.19. The van der Waals surface area contributed by atoms with Crippen molar-refractivity contribution >= 4 is 77.6 Å². The predicted molar refractivity (Wildman–Crippen MR) is 333 cm³/mol. The Bertz CT molecular complexity index is 2680. The van der Waals surface area contributed by atoms with E-state index in [4.69, 9.17) is 30.6 Å². The van der Waals surface area contributed by atoms with Gasteiger partial charge >= 0.3 is 119 Å². The van der Waals surface area contributed by atoms with Crippen molar-refractivity contribution in [3.05, 3.63) is 0 Å². The van der Waals surface area contributed by atoms with Gasteiger partial charge in [-0.15, -0.1) is 0 Å². The Kier molecular flexibility index (Phi) is 64.0. The summed E-state index contributed by atoms with van der Waals surface area (Å²) in [5, 5.41) is 63.5. The van der Waals surface area contributed by atoms with Gasteiger partial charge in [-0.3, -0.25) is 14.4 Å². The summed E-state index contributed by atoms with van der Waals surface area (Å²) in [4.78, 5) is 137. The molecule has 0 amide bonds. The van der Waals surface area contributed by atoms with E-state index in [2.05, 4.69) is 80.5 Å². The molecule has 0 heterocycles. The standard InChI is InChI=1S/C10H14F2O7.2C9H14F2O6.C9H14F2O5.C8H12F2O5.C8H14F2O4.C7H12F2O4/c1-6(13)17-3-7(14)4-18-8(15)5-19-9(16)10(2,11)12;1-9(10,11)8(14)17-4-6(12)3-16-5-7(13)15-2;1-9(10,11)8(14)17-5-7(13)16-4-6(12)3-15-2;1-6(12)16-5-7(13)3-4-15-8(14)9(2,10)11;1-5(11)14-3-6(12)4-15-7(13)8(2,9)10;1-8(9,10)7(12)14-4-3-6(11)5-13-2;1-7(8,9)6(11)13-4-5(10)3-12-2/h7,14H,3-5H2,1-2H3;2*6,12H,3-5H2,1-2H3;7,13H,3-5H2,1-2H3;6,12H,3-4H2,1-2H3;6,11H,3-5H2,1-2H3;5,10H,3-4H2,1-2H3. The molecule has 0 radical (unpaired) electrons. The van der Waals surface area contributed by atoms with Crippen LogP contribution in [0.5, 0.6) is 0 Å². The van der Waals surface area contributed by atoms with E-state index >= 15 is 0 Å². The van der Waals surface area contributed by atoms with Crippen molar-refractivity contribution in [2.75, 3.05) is 141 Å². The largest absolute Gasteiger partial charge is 0.467 e. The summed E-state index contributed by atoms with van der Waals surface area (Å²) in [6.45, 7) is -0.795. The highest BCUT2D eigenvalue weighted by atomic mass is 19.3. The number of alkyl halides is 14. The Balaban J connectivity index is -0.000000228. The number of hydrogen-bond donors (Lipinski definition) is 7. The smallest absolute Gasteiger partial charge is 0.377 e. The van der Waals surface area contributed by atoms with Crippen molar-refractivity contribution in [1.29, 1.82) is 0 Å². The lowest BCUT2D eigenvalue weighted by Gasteiger charge is -2.13. The normalized spacial score (nSPS) is 13.1. The van der Waals surface area contributed by atoms with Crippen LogP contribution in [0.3, 0.4) is 0 Å². The molecule has 0 spiro atoms. The zero-order valence-electron chi connectivity index (χ0n) is 62.1. The maximum absolute atomic E-state index is 12.3. The van der Waals surface area contributed by atoms with Crippen molar-refractivity contribution in [2.45, 2.75) is 166 Å². The number of ether oxygens (including phenoxy) is 17. The van der Waals surface area contributed by atoms with E-state index < -0.39 is 208 Å². The molecular formula is C60H94F14O37. The minimum Gasteiger partial charge on any atom is -0.467 e. The number of carbonyl (C=O) groups is 13. The fourth-order valence-corrected chi connectivity index (χ4v) is 4.65. The van der Waals surface area contributed by atoms with Crippen LogP contribution >= 0.6 is 0 Å². The molecule has 51 heteroatoms. The summed E-state index contributed by atoms with van der Waals surface area (Å²) in [5.74, 6) is -41.7. The summed E-state index contributed by atoms with van der Waals surface area (Å²) in [5.41, 5.74) is 0. The van der Waals surface area contributed by atoms with E-state index in [1.54, 1.807) is 0 Å². The second-order valence-corrected chi connectivity index (χ2v) is 21.8. The number of carbonyl (C=O) groups excluding carboxylic acids is 13. The Morgan fingerprint density at radius 3 is 0.694 bits per heavy atom. The summed E-state index contributed by atoms with van der Waals surface area (Å²) < 4.78 is 245. The van der Waals surface area contributed by atoms with E-state index in [0.717, 1.165) is 21.0 Å². The minimum absolute atomic E-state index is 0.0416. The quantitative estimate of drug-likeness (QED) is 0.0248. The van der Waals surface area contributed by atoms with Crippen LogP contribution in [0.1, 0.15) is 82.1 Å². The minimum atomic E-state index is -3.70. The van der Waals surface area contributed by atoms with Crippen molar-refractivity contribution in [1.82, 2.24) is 0 Å². The van der Waals surface area contributed by atoms with Crippen molar-refractivity contribution in [3.63, 3.8) is 0 Å². The third kappa shape index (κ3) is 79.6. The monoisotopic (exact) mass is 1670 g/mol. The first kappa shape index (κ1) is 116. The van der Waals surface area contributed by atoms with Gasteiger partial charge < -0.3 is 116 Å². The van der Waals surface area contributed by atoms with Gasteiger partial charge in [-0.1, -0.05) is 0 Å². The fraction of sp³-hybridized carbons (Fsp3) is 0.783. The van der Waals surface area contributed by atoms with Crippen molar-refractivity contribution in [3.8, 4) is 0 Å². The average molecular weight is 1670 g/mol. The van der Waals surface area contributed by atoms with E-state index in [-0.39, 0.29) is 78.9 Å². The van der Waals surface area contributed by atoms with Crippen LogP contribution in [0.15, 0.2) is 0 Å². The lowest BCUT2D eigenvalue weighted by molar-refractivity contribution is -0.176. The molecule has 0 rings (SSSR count). The molecule has 37 nitrogen and oxygen atoms in total. The van der Waals surface area contributed by atoms with Crippen LogP contribution in [0.25, 0.3) is 0 Å². The van der Waals surface area contributed by atoms with Gasteiger partial charge in [0, 0.05) is 103 Å². The van der Waals surface area contributed by atoms with Crippen molar-refractivity contribution in [2.24, 2.45) is 0 Å². The van der Waals surface area contributed by atoms with Gasteiger partial charge in [0.1, 0.15) is 90.0 Å². The van der Waals surface area contributed by atoms with Gasteiger partial charge in [-0.25, -0.2) is 47.9 Å². The molecule has 111 heavy (non-hydrogen) atoms. The zero-order valence-corrected chi connectivity index (χ0v) is 62.1. The molecule has 7 unspecified atom stereocenters. The third-order valence-electron chi connectivity index (χ3n) is 9.89. The van der Waals surface area contributed by atoms with Gasteiger partial charge in [0.25, 0.3) is 0 Å². The molecule has 0 saturated carbocycles. The van der Waals surface area contributed by atoms with Crippen LogP contribution in [0, 0.1) is 0 Å². The summed E-state index contributed by atoms with van der Waals surface area (Å²) in [6.07, 6.45) is -7.78. The van der Waals surface area contributed by atoms with Gasteiger partial charge in [0.2, 0.25) is 0 Å². The molecule has 0 bridgehead atoms. The van der Waals surface area contributed by atoms with Gasteiger partial charge in [-0.05, 0) is 0 Å². The molecule has 0 aliphatic carbocycles. The first-order valence-corrected chi connectivity index (χ1v) is 30.8. The van der Waals surface area contributed by atoms with Crippen LogP contribution in [-0.4, -0.2) is 338 Å². The molecular weight excluding hydrogens is 1580 g/mol. The van der Waals surface area contributed by atoms with Gasteiger partial charge in [0.05, 0.1) is 59.0 Å². The lowest BCUT2D eigenvalue weighted by atomic mass is 10.3. The van der Waals surface area contributed by atoms with E-state index in [1.165, 1.54) is 28.3 Å². The Labute approximate surface area is 623 Å². The first-order chi connectivity index (χ1) is 50.4. The van der Waals surface area contributed by atoms with Gasteiger partial charge in [-0.2, -0.15) is 61.5 Å². The van der Waals surface area contributed by atoms with Crippen LogP contribution in [-0.2, 0) is 143 Å². The maximum atomic E-state index is 12.3. The number of methoxy groups -OCH3 is 4. The molecule has 7 atom stereocenters. The molecule has 0 aliphatic heterocycles. The predicted octanol–water partition coefficient (Wildman–Crippen LogP) is 0.505. The van der Waals surface area contributed by atoms with E-state index in [1.807, 2.05) is 0 Å².